The first kappa shape index (κ1) is 34.4. The van der Waals surface area contributed by atoms with Crippen molar-refractivity contribution in [2.45, 2.75) is 87.7 Å². The zero-order valence-corrected chi connectivity index (χ0v) is 28.3. The summed E-state index contributed by atoms with van der Waals surface area (Å²) in [6.07, 6.45) is 7.44. The van der Waals surface area contributed by atoms with Crippen LogP contribution in [0, 0.1) is 6.92 Å². The summed E-state index contributed by atoms with van der Waals surface area (Å²) in [5.41, 5.74) is 2.20. The van der Waals surface area contributed by atoms with Crippen LogP contribution in [0.3, 0.4) is 0 Å². The molecule has 242 valence electrons. The van der Waals surface area contributed by atoms with Gasteiger partial charge in [0.1, 0.15) is 18.3 Å². The van der Waals surface area contributed by atoms with Gasteiger partial charge in [-0.1, -0.05) is 68.1 Å². The molecule has 45 heavy (non-hydrogen) atoms. The average Bonchev–Trinajstić information content (AvgIpc) is 3.05. The van der Waals surface area contributed by atoms with Gasteiger partial charge in [0.25, 0.3) is 10.0 Å². The van der Waals surface area contributed by atoms with E-state index in [-0.39, 0.29) is 29.1 Å². The second-order valence-corrected chi connectivity index (χ2v) is 14.1. The molecule has 2 amide bonds. The van der Waals surface area contributed by atoms with Crippen molar-refractivity contribution in [3.8, 4) is 5.75 Å². The molecule has 0 heterocycles. The predicted molar refractivity (Wildman–Crippen MR) is 181 cm³/mol. The van der Waals surface area contributed by atoms with E-state index in [0.717, 1.165) is 52.4 Å². The highest BCUT2D eigenvalue weighted by atomic mass is 32.2. The lowest BCUT2D eigenvalue weighted by Gasteiger charge is -2.34. The van der Waals surface area contributed by atoms with Gasteiger partial charge in [-0.2, -0.15) is 0 Å². The Morgan fingerprint density at radius 1 is 0.956 bits per heavy atom. The lowest BCUT2D eigenvalue weighted by molar-refractivity contribution is -0.140. The SMILES string of the molecule is CCOc1ccccc1N(CC(=O)N(Cc1ccc(C)cc1)[C@@H](CC)C(=O)NC1CCCCC1)S(=O)(=O)c1ccc(SC)cc1. The van der Waals surface area contributed by atoms with Crippen LogP contribution < -0.4 is 14.4 Å². The minimum atomic E-state index is -4.21. The Morgan fingerprint density at radius 3 is 2.24 bits per heavy atom. The Bertz CT molecular complexity index is 1520. The number of amides is 2. The Morgan fingerprint density at radius 2 is 1.62 bits per heavy atom. The molecule has 0 radical (unpaired) electrons. The first-order valence-electron chi connectivity index (χ1n) is 15.7. The van der Waals surface area contributed by atoms with Gasteiger partial charge >= 0.3 is 0 Å². The zero-order valence-electron chi connectivity index (χ0n) is 26.7. The summed E-state index contributed by atoms with van der Waals surface area (Å²) < 4.78 is 35.5. The molecule has 3 aromatic rings. The predicted octanol–water partition coefficient (Wildman–Crippen LogP) is 6.57. The molecule has 3 aromatic carbocycles. The lowest BCUT2D eigenvalue weighted by Crippen LogP contribution is -2.54. The van der Waals surface area contributed by atoms with Crippen LogP contribution in [0.25, 0.3) is 0 Å². The molecule has 1 N–H and O–H groups in total. The van der Waals surface area contributed by atoms with Gasteiger partial charge in [-0.25, -0.2) is 8.42 Å². The summed E-state index contributed by atoms with van der Waals surface area (Å²) >= 11 is 1.51. The van der Waals surface area contributed by atoms with Crippen molar-refractivity contribution in [1.82, 2.24) is 10.2 Å². The van der Waals surface area contributed by atoms with Crippen LogP contribution in [-0.2, 0) is 26.2 Å². The van der Waals surface area contributed by atoms with Crippen LogP contribution in [0.5, 0.6) is 5.75 Å². The number of para-hydroxylation sites is 2. The third kappa shape index (κ3) is 8.82. The first-order valence-corrected chi connectivity index (χ1v) is 18.4. The molecule has 1 saturated carbocycles. The van der Waals surface area contributed by atoms with E-state index in [4.69, 9.17) is 4.74 Å². The Labute approximate surface area is 272 Å². The average molecular weight is 652 g/mol. The van der Waals surface area contributed by atoms with Crippen LogP contribution in [0.4, 0.5) is 5.69 Å². The van der Waals surface area contributed by atoms with Crippen molar-refractivity contribution in [3.05, 3.63) is 83.9 Å². The Balaban J connectivity index is 1.74. The van der Waals surface area contributed by atoms with E-state index in [1.54, 1.807) is 48.5 Å². The highest BCUT2D eigenvalue weighted by Crippen LogP contribution is 2.33. The van der Waals surface area contributed by atoms with Crippen LogP contribution in [0.15, 0.2) is 82.6 Å². The fourth-order valence-electron chi connectivity index (χ4n) is 5.68. The molecule has 0 aliphatic heterocycles. The van der Waals surface area contributed by atoms with Gasteiger partial charge in [0, 0.05) is 17.5 Å². The normalized spacial score (nSPS) is 14.4. The Kier molecular flexibility index (Phi) is 12.4. The summed E-state index contributed by atoms with van der Waals surface area (Å²) in [5, 5.41) is 3.19. The fraction of sp³-hybridized carbons (Fsp3) is 0.429. The maximum atomic E-state index is 14.4. The maximum Gasteiger partial charge on any atom is 0.264 e. The number of hydrogen-bond donors (Lipinski definition) is 1. The van der Waals surface area contributed by atoms with Crippen molar-refractivity contribution in [2.75, 3.05) is 23.7 Å². The van der Waals surface area contributed by atoms with Gasteiger partial charge < -0.3 is 15.0 Å². The smallest absolute Gasteiger partial charge is 0.264 e. The molecule has 0 aromatic heterocycles. The number of benzene rings is 3. The van der Waals surface area contributed by atoms with Gasteiger partial charge in [0.2, 0.25) is 11.8 Å². The summed E-state index contributed by atoms with van der Waals surface area (Å²) in [4.78, 5) is 30.7. The summed E-state index contributed by atoms with van der Waals surface area (Å²) in [7, 11) is -4.21. The van der Waals surface area contributed by atoms with Crippen molar-refractivity contribution in [2.24, 2.45) is 0 Å². The number of ether oxygens (including phenoxy) is 1. The largest absolute Gasteiger partial charge is 0.492 e. The minimum Gasteiger partial charge on any atom is -0.492 e. The summed E-state index contributed by atoms with van der Waals surface area (Å²) in [6, 6.07) is 20.5. The zero-order chi connectivity index (χ0) is 32.4. The molecule has 0 saturated heterocycles. The number of carbonyl (C=O) groups is 2. The molecule has 10 heteroatoms. The van der Waals surface area contributed by atoms with Crippen LogP contribution >= 0.6 is 11.8 Å². The van der Waals surface area contributed by atoms with Gasteiger partial charge in [0.05, 0.1) is 17.2 Å². The molecule has 1 fully saturated rings. The van der Waals surface area contributed by atoms with Crippen molar-refractivity contribution in [3.63, 3.8) is 0 Å². The van der Waals surface area contributed by atoms with E-state index in [9.17, 15) is 18.0 Å². The fourth-order valence-corrected chi connectivity index (χ4v) is 7.52. The number of sulfonamides is 1. The van der Waals surface area contributed by atoms with Gasteiger partial charge in [0.15, 0.2) is 0 Å². The van der Waals surface area contributed by atoms with E-state index in [1.165, 1.54) is 16.7 Å². The molecule has 4 rings (SSSR count). The molecule has 0 spiro atoms. The van der Waals surface area contributed by atoms with Crippen LogP contribution in [0.1, 0.15) is 63.5 Å². The number of thioether (sulfide) groups is 1. The first-order chi connectivity index (χ1) is 21.7. The maximum absolute atomic E-state index is 14.4. The van der Waals surface area contributed by atoms with E-state index in [0.29, 0.717) is 18.8 Å². The van der Waals surface area contributed by atoms with E-state index < -0.39 is 28.5 Å². The monoisotopic (exact) mass is 651 g/mol. The number of hydrogen-bond acceptors (Lipinski definition) is 6. The molecular formula is C35H45N3O5S2. The molecule has 0 unspecified atom stereocenters. The highest BCUT2D eigenvalue weighted by Gasteiger charge is 2.35. The van der Waals surface area contributed by atoms with Crippen LogP contribution in [-0.4, -0.2) is 56.6 Å². The second kappa shape index (κ2) is 16.2. The van der Waals surface area contributed by atoms with E-state index >= 15 is 0 Å². The number of aryl methyl sites for hydroxylation is 1. The van der Waals surface area contributed by atoms with E-state index in [1.807, 2.05) is 51.3 Å². The van der Waals surface area contributed by atoms with Gasteiger partial charge in [-0.15, -0.1) is 11.8 Å². The number of anilines is 1. The molecule has 1 aliphatic rings. The molecular weight excluding hydrogens is 607 g/mol. The standard InChI is InChI=1S/C35H45N3O5S2/c1-5-31(35(40)36-28-12-8-7-9-13-28)37(24-27-18-16-26(3)17-19-27)34(39)25-38(32-14-10-11-15-33(32)43-6-2)45(41,42)30-22-20-29(44-4)21-23-30/h10-11,14-23,28,31H,5-9,12-13,24-25H2,1-4H3,(H,36,40)/t31-/m0/s1. The van der Waals surface area contributed by atoms with Gasteiger partial charge in [-0.3, -0.25) is 13.9 Å². The number of carbonyl (C=O) groups excluding carboxylic acids is 2. The minimum absolute atomic E-state index is 0.0616. The quantitative estimate of drug-likeness (QED) is 0.198. The second-order valence-electron chi connectivity index (χ2n) is 11.4. The molecule has 1 aliphatic carbocycles. The topological polar surface area (TPSA) is 96.0 Å². The van der Waals surface area contributed by atoms with Crippen LogP contribution in [0.2, 0.25) is 0 Å². The number of nitrogens with one attached hydrogen (secondary N) is 1. The van der Waals surface area contributed by atoms with Crippen molar-refractivity contribution >= 4 is 39.3 Å². The van der Waals surface area contributed by atoms with E-state index in [2.05, 4.69) is 5.32 Å². The highest BCUT2D eigenvalue weighted by molar-refractivity contribution is 7.98. The van der Waals surface area contributed by atoms with Crippen molar-refractivity contribution in [1.29, 1.82) is 0 Å². The third-order valence-electron chi connectivity index (χ3n) is 8.17. The molecule has 0 bridgehead atoms. The molecule has 8 nitrogen and oxygen atoms in total. The van der Waals surface area contributed by atoms with Gasteiger partial charge in [-0.05, 0) is 81.3 Å². The number of nitrogens with zero attached hydrogens (tertiary/aromatic N) is 2. The lowest BCUT2D eigenvalue weighted by atomic mass is 9.95. The number of rotatable bonds is 14. The van der Waals surface area contributed by atoms with Crippen molar-refractivity contribution < 1.29 is 22.7 Å². The summed E-state index contributed by atoms with van der Waals surface area (Å²) in [5.74, 6) is -0.331. The molecule has 1 atom stereocenters. The third-order valence-corrected chi connectivity index (χ3v) is 10.7. The Hall–Kier alpha value is -3.50. The summed E-state index contributed by atoms with van der Waals surface area (Å²) in [6.45, 7) is 5.67.